The summed E-state index contributed by atoms with van der Waals surface area (Å²) in [6.07, 6.45) is 2.59. The van der Waals surface area contributed by atoms with Crippen molar-refractivity contribution in [3.8, 4) is 0 Å². The minimum Gasteiger partial charge on any atom is -0.462 e. The lowest BCUT2D eigenvalue weighted by atomic mass is 10.1. The van der Waals surface area contributed by atoms with Gasteiger partial charge in [-0.3, -0.25) is 4.79 Å². The van der Waals surface area contributed by atoms with E-state index >= 15 is 0 Å². The van der Waals surface area contributed by atoms with Gasteiger partial charge in [-0.05, 0) is 42.7 Å². The van der Waals surface area contributed by atoms with E-state index in [1.807, 2.05) is 0 Å². The molecule has 0 saturated carbocycles. The third-order valence-corrected chi connectivity index (χ3v) is 3.49. The van der Waals surface area contributed by atoms with Crippen LogP contribution in [0.3, 0.4) is 0 Å². The van der Waals surface area contributed by atoms with Crippen LogP contribution in [0.4, 0.5) is 10.2 Å². The maximum absolute atomic E-state index is 12.8. The lowest BCUT2D eigenvalue weighted by Crippen LogP contribution is -2.10. The van der Waals surface area contributed by atoms with Crippen molar-refractivity contribution in [3.05, 3.63) is 58.9 Å². The molecule has 0 saturated heterocycles. The molecule has 0 aliphatic heterocycles. The number of hydrogen-bond acceptors (Lipinski definition) is 7. The van der Waals surface area contributed by atoms with Crippen molar-refractivity contribution >= 4 is 29.3 Å². The van der Waals surface area contributed by atoms with E-state index in [-0.39, 0.29) is 28.9 Å². The molecule has 0 amide bonds. The van der Waals surface area contributed by atoms with Crippen molar-refractivity contribution in [3.63, 3.8) is 0 Å². The summed E-state index contributed by atoms with van der Waals surface area (Å²) >= 11 is 1.06. The predicted octanol–water partition coefficient (Wildman–Crippen LogP) is 2.86. The van der Waals surface area contributed by atoms with Crippen molar-refractivity contribution in [1.82, 2.24) is 9.97 Å². The van der Waals surface area contributed by atoms with Gasteiger partial charge < -0.3 is 10.5 Å². The molecule has 0 bridgehead atoms. The maximum atomic E-state index is 12.8. The first-order chi connectivity index (χ1) is 11.5. The fourth-order valence-electron chi connectivity index (χ4n) is 1.67. The first-order valence-electron chi connectivity index (χ1n) is 6.94. The van der Waals surface area contributed by atoms with Crippen LogP contribution in [-0.2, 0) is 4.74 Å². The number of nitrogens with two attached hydrogens (primary N) is 1. The van der Waals surface area contributed by atoms with Gasteiger partial charge in [0.2, 0.25) is 0 Å². The Morgan fingerprint density at radius 2 is 2.04 bits per heavy atom. The number of ketones is 1. The van der Waals surface area contributed by atoms with E-state index < -0.39 is 11.8 Å². The molecule has 0 fully saturated rings. The van der Waals surface area contributed by atoms with Crippen molar-refractivity contribution < 1.29 is 18.7 Å². The standard InChI is InChI=1S/C16H14FN3O3S/c1-2-23-15(22)12-9-19-16(20-14(12)18)24-8-7-13(21)10-3-5-11(17)6-4-10/h3-9H,2H2,1H3,(H2,18,19,20)/b8-7-. The summed E-state index contributed by atoms with van der Waals surface area (Å²) in [6.45, 7) is 1.91. The molecule has 1 aromatic carbocycles. The molecule has 1 aromatic heterocycles. The molecule has 6 nitrogen and oxygen atoms in total. The second-order valence-electron chi connectivity index (χ2n) is 4.46. The van der Waals surface area contributed by atoms with E-state index in [1.165, 1.54) is 41.9 Å². The van der Waals surface area contributed by atoms with E-state index in [2.05, 4.69) is 9.97 Å². The van der Waals surface area contributed by atoms with Crippen molar-refractivity contribution in [1.29, 1.82) is 0 Å². The normalized spacial score (nSPS) is 10.8. The number of carbonyl (C=O) groups excluding carboxylic acids is 2. The van der Waals surface area contributed by atoms with Crippen LogP contribution in [0.2, 0.25) is 0 Å². The molecular weight excluding hydrogens is 333 g/mol. The Balaban J connectivity index is 2.01. The van der Waals surface area contributed by atoms with Crippen LogP contribution in [0.15, 0.2) is 47.1 Å². The number of nitrogen functional groups attached to an aromatic ring is 1. The Kier molecular flexibility index (Phi) is 6.02. The number of hydrogen-bond donors (Lipinski definition) is 1. The molecule has 2 N–H and O–H groups in total. The number of carbonyl (C=O) groups is 2. The van der Waals surface area contributed by atoms with Gasteiger partial charge in [0.25, 0.3) is 0 Å². The predicted molar refractivity (Wildman–Crippen MR) is 88.1 cm³/mol. The van der Waals surface area contributed by atoms with Gasteiger partial charge in [-0.2, -0.15) is 0 Å². The number of halogens is 1. The van der Waals surface area contributed by atoms with Gasteiger partial charge in [-0.25, -0.2) is 19.2 Å². The Morgan fingerprint density at radius 3 is 2.67 bits per heavy atom. The fraction of sp³-hybridized carbons (Fsp3) is 0.125. The zero-order chi connectivity index (χ0) is 17.5. The number of esters is 1. The lowest BCUT2D eigenvalue weighted by Gasteiger charge is -2.04. The smallest absolute Gasteiger partial charge is 0.343 e. The van der Waals surface area contributed by atoms with Gasteiger partial charge in [-0.1, -0.05) is 11.8 Å². The molecule has 1 heterocycles. The molecule has 0 atom stereocenters. The first-order valence-corrected chi connectivity index (χ1v) is 7.82. The quantitative estimate of drug-likeness (QED) is 0.282. The van der Waals surface area contributed by atoms with E-state index in [4.69, 9.17) is 10.5 Å². The number of nitrogens with zero attached hydrogens (tertiary/aromatic N) is 2. The molecule has 8 heteroatoms. The zero-order valence-electron chi connectivity index (χ0n) is 12.7. The minimum absolute atomic E-state index is 0.00390. The summed E-state index contributed by atoms with van der Waals surface area (Å²) < 4.78 is 17.6. The number of thioether (sulfide) groups is 1. The van der Waals surface area contributed by atoms with Crippen molar-refractivity contribution in [2.24, 2.45) is 0 Å². The monoisotopic (exact) mass is 347 g/mol. The Labute approximate surface area is 141 Å². The fourth-order valence-corrected chi connectivity index (χ4v) is 2.25. The topological polar surface area (TPSA) is 95.2 Å². The highest BCUT2D eigenvalue weighted by Crippen LogP contribution is 2.18. The van der Waals surface area contributed by atoms with Crippen LogP contribution < -0.4 is 5.73 Å². The van der Waals surface area contributed by atoms with Gasteiger partial charge in [-0.15, -0.1) is 0 Å². The van der Waals surface area contributed by atoms with E-state index in [9.17, 15) is 14.0 Å². The Morgan fingerprint density at radius 1 is 1.33 bits per heavy atom. The molecule has 0 spiro atoms. The summed E-state index contributed by atoms with van der Waals surface area (Å²) in [5.74, 6) is -1.27. The lowest BCUT2D eigenvalue weighted by molar-refractivity contribution is 0.0526. The van der Waals surface area contributed by atoms with Gasteiger partial charge in [0, 0.05) is 11.8 Å². The first kappa shape index (κ1) is 17.6. The molecule has 0 unspecified atom stereocenters. The van der Waals surface area contributed by atoms with E-state index in [0.29, 0.717) is 5.56 Å². The summed E-state index contributed by atoms with van der Waals surface area (Å²) in [4.78, 5) is 31.4. The van der Waals surface area contributed by atoms with Gasteiger partial charge in [0.15, 0.2) is 10.9 Å². The third kappa shape index (κ3) is 4.63. The molecule has 24 heavy (non-hydrogen) atoms. The Bertz CT molecular complexity index is 779. The Hall–Kier alpha value is -2.74. The summed E-state index contributed by atoms with van der Waals surface area (Å²) in [5.41, 5.74) is 6.15. The van der Waals surface area contributed by atoms with Crippen molar-refractivity contribution in [2.45, 2.75) is 12.1 Å². The van der Waals surface area contributed by atoms with Gasteiger partial charge >= 0.3 is 5.97 Å². The molecule has 2 rings (SSSR count). The summed E-state index contributed by atoms with van der Waals surface area (Å²) in [6, 6.07) is 5.23. The number of ether oxygens (including phenoxy) is 1. The number of aromatic nitrogens is 2. The second kappa shape index (κ2) is 8.21. The van der Waals surface area contributed by atoms with E-state index in [1.54, 1.807) is 6.92 Å². The largest absolute Gasteiger partial charge is 0.462 e. The minimum atomic E-state index is -0.589. The number of allylic oxidation sites excluding steroid dienone is 1. The van der Waals surface area contributed by atoms with Gasteiger partial charge in [0.1, 0.15) is 17.2 Å². The third-order valence-electron chi connectivity index (χ3n) is 2.81. The van der Waals surface area contributed by atoms with Gasteiger partial charge in [0.05, 0.1) is 6.61 Å². The molecule has 2 aromatic rings. The van der Waals surface area contributed by atoms with Crippen LogP contribution in [0.25, 0.3) is 0 Å². The highest BCUT2D eigenvalue weighted by Gasteiger charge is 2.13. The highest BCUT2D eigenvalue weighted by atomic mass is 32.2. The average molecular weight is 347 g/mol. The van der Waals surface area contributed by atoms with Crippen LogP contribution in [-0.4, -0.2) is 28.3 Å². The van der Waals surface area contributed by atoms with Crippen LogP contribution >= 0.6 is 11.8 Å². The average Bonchev–Trinajstić information content (AvgIpc) is 2.55. The summed E-state index contributed by atoms with van der Waals surface area (Å²) in [7, 11) is 0. The molecule has 0 aliphatic carbocycles. The number of benzene rings is 1. The van der Waals surface area contributed by atoms with Crippen molar-refractivity contribution in [2.75, 3.05) is 12.3 Å². The summed E-state index contributed by atoms with van der Waals surface area (Å²) in [5, 5.41) is 1.77. The molecule has 124 valence electrons. The van der Waals surface area contributed by atoms with Crippen LogP contribution in [0.1, 0.15) is 27.6 Å². The van der Waals surface area contributed by atoms with Crippen LogP contribution in [0, 0.1) is 5.82 Å². The van der Waals surface area contributed by atoms with Crippen LogP contribution in [0.5, 0.6) is 0 Å². The molecule has 0 aliphatic rings. The second-order valence-corrected chi connectivity index (χ2v) is 5.34. The SMILES string of the molecule is CCOC(=O)c1cnc(S/C=C\C(=O)c2ccc(F)cc2)nc1N. The molecule has 0 radical (unpaired) electrons. The maximum Gasteiger partial charge on any atom is 0.343 e. The highest BCUT2D eigenvalue weighted by molar-refractivity contribution is 8.02. The zero-order valence-corrected chi connectivity index (χ0v) is 13.5. The number of anilines is 1. The molecular formula is C16H14FN3O3S. The van der Waals surface area contributed by atoms with E-state index in [0.717, 1.165) is 11.8 Å². The number of rotatable bonds is 6.